The van der Waals surface area contributed by atoms with Gasteiger partial charge in [0, 0.05) is 25.3 Å². The minimum Gasteiger partial charge on any atom is -0.327 e. The largest absolute Gasteiger partial charge is 0.350 e. The van der Waals surface area contributed by atoms with E-state index in [1.807, 2.05) is 18.2 Å². The number of nitrogens with zero attached hydrogens (tertiary/aromatic N) is 4. The van der Waals surface area contributed by atoms with Crippen molar-refractivity contribution < 1.29 is 0 Å². The molecule has 0 bridgehead atoms. The van der Waals surface area contributed by atoms with Crippen molar-refractivity contribution in [2.24, 2.45) is 11.7 Å². The third-order valence-corrected chi connectivity index (χ3v) is 4.17. The van der Waals surface area contributed by atoms with E-state index in [4.69, 9.17) is 5.73 Å². The molecule has 2 aromatic heterocycles. The molecule has 6 nitrogen and oxygen atoms in total. The predicted molar refractivity (Wildman–Crippen MR) is 77.6 cm³/mol. The average Bonchev–Trinajstić information content (AvgIpc) is 2.77. The Morgan fingerprint density at radius 2 is 2.25 bits per heavy atom. The number of hydrogen-bond acceptors (Lipinski definition) is 4. The second kappa shape index (κ2) is 5.38. The van der Waals surface area contributed by atoms with Gasteiger partial charge in [-0.15, -0.1) is 5.10 Å². The molecule has 1 fully saturated rings. The third kappa shape index (κ3) is 2.48. The van der Waals surface area contributed by atoms with Gasteiger partial charge in [0.2, 0.25) is 0 Å². The molecule has 20 heavy (non-hydrogen) atoms. The molecular formula is C14H21N5O. The Kier molecular flexibility index (Phi) is 3.58. The first-order chi connectivity index (χ1) is 9.65. The third-order valence-electron chi connectivity index (χ3n) is 4.17. The highest BCUT2D eigenvalue weighted by Crippen LogP contribution is 2.14. The Bertz CT molecular complexity index is 646. The summed E-state index contributed by atoms with van der Waals surface area (Å²) < 4.78 is 3.13. The molecule has 0 amide bonds. The van der Waals surface area contributed by atoms with Gasteiger partial charge in [-0.05, 0) is 31.0 Å². The Hall–Kier alpha value is -1.66. The van der Waals surface area contributed by atoms with E-state index in [-0.39, 0.29) is 5.69 Å². The first kappa shape index (κ1) is 13.3. The number of aromatic nitrogens is 3. The molecule has 3 rings (SSSR count). The molecular weight excluding hydrogens is 254 g/mol. The Morgan fingerprint density at radius 1 is 1.40 bits per heavy atom. The molecule has 6 heteroatoms. The minimum atomic E-state index is -0.0673. The van der Waals surface area contributed by atoms with E-state index >= 15 is 0 Å². The SMILES string of the molecule is CC1CN(CCn2nc3ccccn3c2=O)CCC1N. The van der Waals surface area contributed by atoms with Gasteiger partial charge in [-0.25, -0.2) is 9.48 Å². The van der Waals surface area contributed by atoms with E-state index < -0.39 is 0 Å². The Morgan fingerprint density at radius 3 is 3.00 bits per heavy atom. The normalized spacial score (nSPS) is 24.3. The van der Waals surface area contributed by atoms with Gasteiger partial charge < -0.3 is 10.6 Å². The van der Waals surface area contributed by atoms with Gasteiger partial charge in [0.25, 0.3) is 0 Å². The van der Waals surface area contributed by atoms with Gasteiger partial charge >= 0.3 is 5.69 Å². The van der Waals surface area contributed by atoms with E-state index in [0.29, 0.717) is 24.2 Å². The van der Waals surface area contributed by atoms with Gasteiger partial charge in [0.15, 0.2) is 5.65 Å². The summed E-state index contributed by atoms with van der Waals surface area (Å²) in [6.45, 7) is 5.67. The van der Waals surface area contributed by atoms with E-state index in [1.54, 1.807) is 15.3 Å². The van der Waals surface area contributed by atoms with Crippen molar-refractivity contribution in [2.45, 2.75) is 25.9 Å². The zero-order valence-corrected chi connectivity index (χ0v) is 11.8. The van der Waals surface area contributed by atoms with Crippen molar-refractivity contribution in [1.82, 2.24) is 19.1 Å². The molecule has 1 aliphatic rings. The van der Waals surface area contributed by atoms with Gasteiger partial charge in [0.05, 0.1) is 6.54 Å². The smallest absolute Gasteiger partial charge is 0.327 e. The highest BCUT2D eigenvalue weighted by atomic mass is 16.2. The number of pyridine rings is 1. The molecule has 2 unspecified atom stereocenters. The van der Waals surface area contributed by atoms with Gasteiger partial charge in [-0.3, -0.25) is 4.40 Å². The molecule has 2 atom stereocenters. The summed E-state index contributed by atoms with van der Waals surface area (Å²) in [5, 5.41) is 4.35. The molecule has 2 N–H and O–H groups in total. The van der Waals surface area contributed by atoms with Crippen molar-refractivity contribution in [3.8, 4) is 0 Å². The lowest BCUT2D eigenvalue weighted by Gasteiger charge is -2.34. The molecule has 1 saturated heterocycles. The maximum Gasteiger partial charge on any atom is 0.350 e. The van der Waals surface area contributed by atoms with Crippen LogP contribution in [-0.4, -0.2) is 44.8 Å². The van der Waals surface area contributed by atoms with Crippen molar-refractivity contribution in [3.63, 3.8) is 0 Å². The highest BCUT2D eigenvalue weighted by Gasteiger charge is 2.22. The number of likely N-dealkylation sites (tertiary alicyclic amines) is 1. The molecule has 2 aromatic rings. The molecule has 108 valence electrons. The van der Waals surface area contributed by atoms with Crippen LogP contribution < -0.4 is 11.4 Å². The quantitative estimate of drug-likeness (QED) is 0.866. The highest BCUT2D eigenvalue weighted by molar-refractivity contribution is 5.35. The zero-order chi connectivity index (χ0) is 14.1. The lowest BCUT2D eigenvalue weighted by molar-refractivity contribution is 0.157. The fourth-order valence-corrected chi connectivity index (χ4v) is 2.80. The van der Waals surface area contributed by atoms with E-state index in [0.717, 1.165) is 26.1 Å². The molecule has 0 spiro atoms. The number of piperidine rings is 1. The number of hydrogen-bond donors (Lipinski definition) is 1. The second-order valence-corrected chi connectivity index (χ2v) is 5.66. The Balaban J connectivity index is 1.68. The molecule has 1 aliphatic heterocycles. The molecule has 0 aliphatic carbocycles. The van der Waals surface area contributed by atoms with Crippen molar-refractivity contribution in [2.75, 3.05) is 19.6 Å². The van der Waals surface area contributed by atoms with Crippen LogP contribution in [-0.2, 0) is 6.54 Å². The van der Waals surface area contributed by atoms with Gasteiger partial charge in [-0.2, -0.15) is 0 Å². The second-order valence-electron chi connectivity index (χ2n) is 5.66. The number of fused-ring (bicyclic) bond motifs is 1. The average molecular weight is 275 g/mol. The summed E-state index contributed by atoms with van der Waals surface area (Å²) in [5.41, 5.74) is 6.66. The minimum absolute atomic E-state index is 0.0673. The summed E-state index contributed by atoms with van der Waals surface area (Å²) in [7, 11) is 0. The topological polar surface area (TPSA) is 68.6 Å². The predicted octanol–water partition coefficient (Wildman–Crippen LogP) is 0.165. The first-order valence-electron chi connectivity index (χ1n) is 7.17. The van der Waals surface area contributed by atoms with Crippen LogP contribution in [0.2, 0.25) is 0 Å². The van der Waals surface area contributed by atoms with Crippen molar-refractivity contribution in [3.05, 3.63) is 34.9 Å². The van der Waals surface area contributed by atoms with Crippen LogP contribution in [0, 0.1) is 5.92 Å². The first-order valence-corrected chi connectivity index (χ1v) is 7.17. The van der Waals surface area contributed by atoms with Crippen molar-refractivity contribution >= 4 is 5.65 Å². The van der Waals surface area contributed by atoms with Gasteiger partial charge in [-0.1, -0.05) is 13.0 Å². The maximum absolute atomic E-state index is 12.1. The van der Waals surface area contributed by atoms with Crippen LogP contribution in [0.1, 0.15) is 13.3 Å². The van der Waals surface area contributed by atoms with Crippen LogP contribution in [0.25, 0.3) is 5.65 Å². The van der Waals surface area contributed by atoms with Crippen LogP contribution in [0.3, 0.4) is 0 Å². The van der Waals surface area contributed by atoms with Crippen LogP contribution in [0.4, 0.5) is 0 Å². The lowest BCUT2D eigenvalue weighted by atomic mass is 9.95. The fraction of sp³-hybridized carbons (Fsp3) is 0.571. The molecule has 0 saturated carbocycles. The van der Waals surface area contributed by atoms with E-state index in [1.165, 1.54) is 0 Å². The summed E-state index contributed by atoms with van der Waals surface area (Å²) >= 11 is 0. The number of nitrogens with two attached hydrogens (primary N) is 1. The number of rotatable bonds is 3. The van der Waals surface area contributed by atoms with Gasteiger partial charge in [0.1, 0.15) is 0 Å². The summed E-state index contributed by atoms with van der Waals surface area (Å²) in [6, 6.07) is 5.89. The maximum atomic E-state index is 12.1. The molecule has 0 radical (unpaired) electrons. The Labute approximate surface area is 117 Å². The summed E-state index contributed by atoms with van der Waals surface area (Å²) in [5.74, 6) is 0.515. The van der Waals surface area contributed by atoms with E-state index in [2.05, 4.69) is 16.9 Å². The standard InChI is InChI=1S/C14H21N5O/c1-11-10-17(7-5-12(11)15)8-9-19-14(20)18-6-3-2-4-13(18)16-19/h2-4,6,11-12H,5,7-10,15H2,1H3. The summed E-state index contributed by atoms with van der Waals surface area (Å²) in [4.78, 5) is 14.5. The monoisotopic (exact) mass is 275 g/mol. The molecule has 3 heterocycles. The van der Waals surface area contributed by atoms with E-state index in [9.17, 15) is 4.79 Å². The van der Waals surface area contributed by atoms with Crippen LogP contribution >= 0.6 is 0 Å². The molecule has 0 aromatic carbocycles. The van der Waals surface area contributed by atoms with Crippen molar-refractivity contribution in [1.29, 1.82) is 0 Å². The fourth-order valence-electron chi connectivity index (χ4n) is 2.80. The zero-order valence-electron chi connectivity index (χ0n) is 11.8. The van der Waals surface area contributed by atoms with Crippen LogP contribution in [0.5, 0.6) is 0 Å². The summed E-state index contributed by atoms with van der Waals surface area (Å²) in [6.07, 6.45) is 2.78. The van der Waals surface area contributed by atoms with Crippen LogP contribution in [0.15, 0.2) is 29.2 Å². The lowest BCUT2D eigenvalue weighted by Crippen LogP contribution is -2.47.